The first-order valence-electron chi connectivity index (χ1n) is 6.02. The number of nitrogens with one attached hydrogen (secondary N) is 1. The summed E-state index contributed by atoms with van der Waals surface area (Å²) in [6.07, 6.45) is 0. The molecule has 7 heteroatoms. The fourth-order valence-corrected chi connectivity index (χ4v) is 1.74. The van der Waals surface area contributed by atoms with E-state index in [1.54, 1.807) is 19.1 Å². The number of aryl methyl sites for hydroxylation is 1. The van der Waals surface area contributed by atoms with Gasteiger partial charge in [0.15, 0.2) is 5.82 Å². The van der Waals surface area contributed by atoms with Crippen molar-refractivity contribution in [1.29, 1.82) is 0 Å². The molecule has 0 amide bonds. The maximum Gasteiger partial charge on any atom is 0.338 e. The van der Waals surface area contributed by atoms with Crippen molar-refractivity contribution in [1.82, 2.24) is 9.97 Å². The molecule has 0 aliphatic carbocycles. The zero-order chi connectivity index (χ0) is 16.0. The molecule has 0 saturated heterocycles. The van der Waals surface area contributed by atoms with Crippen molar-refractivity contribution in [3.63, 3.8) is 0 Å². The number of nitrogen functional groups attached to an aromatic ring is 1. The lowest BCUT2D eigenvalue weighted by Crippen LogP contribution is -2.11. The Labute approximate surface area is 122 Å². The van der Waals surface area contributed by atoms with Crippen molar-refractivity contribution in [2.45, 2.75) is 6.92 Å². The van der Waals surface area contributed by atoms with Crippen LogP contribution in [0.2, 0.25) is 0 Å². The number of esters is 1. The van der Waals surface area contributed by atoms with E-state index in [1.807, 2.05) is 0 Å². The molecule has 0 bridgehead atoms. The van der Waals surface area contributed by atoms with E-state index in [9.17, 15) is 4.79 Å². The highest BCUT2D eigenvalue weighted by molar-refractivity contribution is 5.96. The number of fused-ring (bicyclic) bond motifs is 1. The highest BCUT2D eigenvalue weighted by Crippen LogP contribution is 2.27. The smallest absolute Gasteiger partial charge is 0.338 e. The average molecular weight is 290 g/mol. The van der Waals surface area contributed by atoms with Crippen molar-refractivity contribution in [2.24, 2.45) is 5.84 Å². The van der Waals surface area contributed by atoms with Crippen molar-refractivity contribution >= 4 is 22.8 Å². The Morgan fingerprint density at radius 2 is 1.95 bits per heavy atom. The number of anilines is 1. The molecule has 1 aromatic carbocycles. The molecule has 0 atom stereocenters. The number of methoxy groups -OCH3 is 2. The van der Waals surface area contributed by atoms with Gasteiger partial charge >= 0.3 is 5.97 Å². The van der Waals surface area contributed by atoms with Crippen LogP contribution in [0.25, 0.3) is 11.0 Å². The summed E-state index contributed by atoms with van der Waals surface area (Å²) in [5.74, 6) is 5.79. The Balaban J connectivity index is 0.00000106. The third kappa shape index (κ3) is 3.26. The first-order chi connectivity index (χ1) is 10.1. The van der Waals surface area contributed by atoms with E-state index >= 15 is 0 Å². The molecule has 112 valence electrons. The second kappa shape index (κ2) is 7.20. The second-order valence-electron chi connectivity index (χ2n) is 3.84. The highest BCUT2D eigenvalue weighted by atomic mass is 16.5. The predicted molar refractivity (Wildman–Crippen MR) is 81.2 cm³/mol. The van der Waals surface area contributed by atoms with Crippen LogP contribution >= 0.6 is 0 Å². The Morgan fingerprint density at radius 3 is 2.48 bits per heavy atom. The fourth-order valence-electron chi connectivity index (χ4n) is 1.74. The summed E-state index contributed by atoms with van der Waals surface area (Å²) in [6.45, 7) is 7.77. The van der Waals surface area contributed by atoms with Crippen LogP contribution in [0.3, 0.4) is 0 Å². The van der Waals surface area contributed by atoms with E-state index < -0.39 is 5.97 Å². The van der Waals surface area contributed by atoms with Crippen molar-refractivity contribution in [2.75, 3.05) is 19.6 Å². The topological polar surface area (TPSA) is 99.4 Å². The summed E-state index contributed by atoms with van der Waals surface area (Å²) < 4.78 is 9.91. The Hall–Kier alpha value is -2.67. The van der Waals surface area contributed by atoms with Gasteiger partial charge < -0.3 is 14.9 Å². The molecule has 2 rings (SSSR count). The maximum atomic E-state index is 11.6. The third-order valence-electron chi connectivity index (χ3n) is 2.69. The van der Waals surface area contributed by atoms with Crippen molar-refractivity contribution in [3.8, 4) is 5.75 Å². The number of carbonyl (C=O) groups is 1. The Morgan fingerprint density at radius 1 is 1.29 bits per heavy atom. The number of nitrogens with two attached hydrogens (primary N) is 1. The molecule has 0 spiro atoms. The molecule has 0 aliphatic rings. The molecule has 0 fully saturated rings. The van der Waals surface area contributed by atoms with Gasteiger partial charge in [-0.1, -0.05) is 0 Å². The van der Waals surface area contributed by atoms with Gasteiger partial charge in [-0.15, -0.1) is 13.2 Å². The maximum absolute atomic E-state index is 11.6. The van der Waals surface area contributed by atoms with Crippen LogP contribution in [0, 0.1) is 6.92 Å². The van der Waals surface area contributed by atoms with E-state index in [1.165, 1.54) is 14.2 Å². The largest absolute Gasteiger partial charge is 0.494 e. The SMILES string of the molecule is C=C.COC(=O)c1cc(OC)c2nc(C)c(NN)nc2c1. The first-order valence-corrected chi connectivity index (χ1v) is 6.02. The standard InChI is InChI=1S/C12H14N4O3.C2H4/c1-6-11(16-13)15-8-4-7(12(17)19-3)5-9(18-2)10(8)14-6;1-2/h4-5H,13H2,1-3H3,(H,15,16);1-2H2. The summed E-state index contributed by atoms with van der Waals surface area (Å²) in [6, 6.07) is 3.15. The van der Waals surface area contributed by atoms with Gasteiger partial charge in [0, 0.05) is 0 Å². The van der Waals surface area contributed by atoms with Crippen LogP contribution in [0.5, 0.6) is 5.75 Å². The van der Waals surface area contributed by atoms with Gasteiger partial charge in [-0.05, 0) is 19.1 Å². The molecule has 1 aromatic heterocycles. The number of carbonyl (C=O) groups excluding carboxylic acids is 1. The van der Waals surface area contributed by atoms with E-state index in [4.69, 9.17) is 10.6 Å². The minimum Gasteiger partial charge on any atom is -0.494 e. The van der Waals surface area contributed by atoms with Gasteiger partial charge in [0.25, 0.3) is 0 Å². The third-order valence-corrected chi connectivity index (χ3v) is 2.69. The van der Waals surface area contributed by atoms with E-state index in [0.717, 1.165) is 0 Å². The Kier molecular flexibility index (Phi) is 5.62. The summed E-state index contributed by atoms with van der Waals surface area (Å²) in [4.78, 5) is 20.2. The zero-order valence-electron chi connectivity index (χ0n) is 12.3. The average Bonchev–Trinajstić information content (AvgIpc) is 2.54. The van der Waals surface area contributed by atoms with E-state index in [0.29, 0.717) is 33.9 Å². The number of benzene rings is 1. The zero-order valence-corrected chi connectivity index (χ0v) is 12.3. The van der Waals surface area contributed by atoms with Gasteiger partial charge in [0.2, 0.25) is 0 Å². The normalized spacial score (nSPS) is 9.52. The van der Waals surface area contributed by atoms with Crippen LogP contribution in [0.4, 0.5) is 5.82 Å². The Bertz CT molecular complexity index is 658. The van der Waals surface area contributed by atoms with Gasteiger partial charge in [-0.3, -0.25) is 0 Å². The molecule has 1 heterocycles. The first kappa shape index (κ1) is 16.4. The predicted octanol–water partition coefficient (Wildman–Crippen LogP) is 1.82. The molecule has 2 aromatic rings. The van der Waals surface area contributed by atoms with Gasteiger partial charge in [0.1, 0.15) is 11.3 Å². The monoisotopic (exact) mass is 290 g/mol. The molecule has 7 nitrogen and oxygen atoms in total. The number of nitrogens with zero attached hydrogens (tertiary/aromatic N) is 2. The van der Waals surface area contributed by atoms with Crippen molar-refractivity contribution < 1.29 is 14.3 Å². The van der Waals surface area contributed by atoms with Crippen LogP contribution in [0.1, 0.15) is 16.1 Å². The molecule has 0 saturated carbocycles. The molecule has 21 heavy (non-hydrogen) atoms. The number of rotatable bonds is 3. The van der Waals surface area contributed by atoms with Gasteiger partial charge in [0.05, 0.1) is 31.0 Å². The fraction of sp³-hybridized carbons (Fsp3) is 0.214. The summed E-state index contributed by atoms with van der Waals surface area (Å²) in [7, 11) is 2.81. The van der Waals surface area contributed by atoms with Crippen LogP contribution < -0.4 is 16.0 Å². The van der Waals surface area contributed by atoms with Crippen molar-refractivity contribution in [3.05, 3.63) is 36.5 Å². The quantitative estimate of drug-likeness (QED) is 0.385. The van der Waals surface area contributed by atoms with Crippen LogP contribution in [-0.2, 0) is 4.74 Å². The summed E-state index contributed by atoms with van der Waals surface area (Å²) >= 11 is 0. The van der Waals surface area contributed by atoms with Crippen LogP contribution in [0.15, 0.2) is 25.3 Å². The minimum absolute atomic E-state index is 0.341. The van der Waals surface area contributed by atoms with Crippen LogP contribution in [-0.4, -0.2) is 30.2 Å². The summed E-state index contributed by atoms with van der Waals surface area (Å²) in [5.41, 5.74) is 4.50. The molecule has 0 unspecified atom stereocenters. The second-order valence-corrected chi connectivity index (χ2v) is 3.84. The van der Waals surface area contributed by atoms with Gasteiger partial charge in [-0.2, -0.15) is 0 Å². The number of hydrogen-bond donors (Lipinski definition) is 2. The number of aromatic nitrogens is 2. The summed E-state index contributed by atoms with van der Waals surface area (Å²) in [5, 5.41) is 0. The van der Waals surface area contributed by atoms with E-state index in [-0.39, 0.29) is 0 Å². The number of hydrogen-bond acceptors (Lipinski definition) is 7. The molecular formula is C14H18N4O3. The number of hydrazine groups is 1. The molecule has 0 radical (unpaired) electrons. The lowest BCUT2D eigenvalue weighted by molar-refractivity contribution is 0.0600. The van der Waals surface area contributed by atoms with E-state index in [2.05, 4.69) is 33.3 Å². The number of ether oxygens (including phenoxy) is 2. The minimum atomic E-state index is -0.468. The lowest BCUT2D eigenvalue weighted by atomic mass is 10.1. The molecule has 0 aliphatic heterocycles. The van der Waals surface area contributed by atoms with Gasteiger partial charge in [-0.25, -0.2) is 20.6 Å². The molecular weight excluding hydrogens is 272 g/mol. The molecule has 3 N–H and O–H groups in total. The lowest BCUT2D eigenvalue weighted by Gasteiger charge is -2.10. The highest BCUT2D eigenvalue weighted by Gasteiger charge is 2.14.